The van der Waals surface area contributed by atoms with Crippen LogP contribution >= 0.6 is 7.14 Å². The maximum atomic E-state index is 15.0. The van der Waals surface area contributed by atoms with Gasteiger partial charge in [0.05, 0.1) is 11.2 Å². The molecule has 8 aromatic carbocycles. The Morgan fingerprint density at radius 1 is 0.310 bits per heavy atom. The van der Waals surface area contributed by atoms with E-state index in [9.17, 15) is 0 Å². The van der Waals surface area contributed by atoms with E-state index >= 15 is 4.57 Å². The highest BCUT2D eigenvalue weighted by Crippen LogP contribution is 2.43. The van der Waals surface area contributed by atoms with E-state index in [-0.39, 0.29) is 0 Å². The average molecular weight is 763 g/mol. The van der Waals surface area contributed by atoms with Gasteiger partial charge in [0.2, 0.25) is 0 Å². The number of rotatable bonds is 8. The maximum absolute atomic E-state index is 15.0. The summed E-state index contributed by atoms with van der Waals surface area (Å²) in [6.07, 6.45) is 0. The summed E-state index contributed by atoms with van der Waals surface area (Å²) >= 11 is 0. The van der Waals surface area contributed by atoms with Crippen molar-refractivity contribution in [2.24, 2.45) is 0 Å². The Balaban J connectivity index is 1.06. The zero-order valence-electron chi connectivity index (χ0n) is 31.4. The van der Waals surface area contributed by atoms with Gasteiger partial charge in [-0.3, -0.25) is 0 Å². The van der Waals surface area contributed by atoms with Gasteiger partial charge in [0.1, 0.15) is 0 Å². The molecule has 0 atom stereocenters. The number of benzene rings is 8. The lowest BCUT2D eigenvalue weighted by atomic mass is 9.92. The van der Waals surface area contributed by atoms with Gasteiger partial charge in [0.25, 0.3) is 0 Å². The van der Waals surface area contributed by atoms with Gasteiger partial charge in [-0.1, -0.05) is 206 Å². The predicted molar refractivity (Wildman–Crippen MR) is 239 cm³/mol. The predicted octanol–water partition coefficient (Wildman–Crippen LogP) is 11.5. The Bertz CT molecular complexity index is 3060. The molecule has 0 aliphatic rings. The fourth-order valence-electron chi connectivity index (χ4n) is 7.75. The number of pyridine rings is 1. The van der Waals surface area contributed by atoms with Crippen LogP contribution in [0.2, 0.25) is 0 Å². The molecule has 0 N–H and O–H groups in total. The average Bonchev–Trinajstić information content (AvgIpc) is 3.32. The molecule has 2 aromatic heterocycles. The van der Waals surface area contributed by atoms with Gasteiger partial charge in [0, 0.05) is 54.3 Å². The normalized spacial score (nSPS) is 11.5. The van der Waals surface area contributed by atoms with Crippen LogP contribution in [0.3, 0.4) is 0 Å². The minimum atomic E-state index is -3.14. The fraction of sp³-hybridized carbons (Fsp3) is 0. The molecular formula is C52H35N4OP. The summed E-state index contributed by atoms with van der Waals surface area (Å²) in [5.41, 5.74) is 7.79. The molecule has 2 heterocycles. The summed E-state index contributed by atoms with van der Waals surface area (Å²) in [6, 6.07) is 70.9. The second kappa shape index (κ2) is 15.0. The van der Waals surface area contributed by atoms with Crippen LogP contribution in [-0.2, 0) is 4.57 Å². The highest BCUT2D eigenvalue weighted by molar-refractivity contribution is 7.85. The smallest absolute Gasteiger partial charge is 0.171 e. The maximum Gasteiger partial charge on any atom is 0.171 e. The van der Waals surface area contributed by atoms with E-state index in [1.54, 1.807) is 0 Å². The lowest BCUT2D eigenvalue weighted by Gasteiger charge is -2.20. The first-order valence-corrected chi connectivity index (χ1v) is 21.0. The zero-order valence-corrected chi connectivity index (χ0v) is 32.2. The molecule has 0 aliphatic carbocycles. The third-order valence-electron chi connectivity index (χ3n) is 10.6. The van der Waals surface area contributed by atoms with Crippen molar-refractivity contribution in [2.75, 3.05) is 0 Å². The number of para-hydroxylation sites is 1. The van der Waals surface area contributed by atoms with Crippen molar-refractivity contribution < 1.29 is 4.57 Å². The van der Waals surface area contributed by atoms with Gasteiger partial charge in [0.15, 0.2) is 24.6 Å². The van der Waals surface area contributed by atoms with Crippen LogP contribution in [0.1, 0.15) is 0 Å². The molecule has 0 saturated carbocycles. The molecule has 0 saturated heterocycles. The lowest BCUT2D eigenvalue weighted by Crippen LogP contribution is -2.24. The molecule has 0 bridgehead atoms. The van der Waals surface area contributed by atoms with E-state index in [2.05, 4.69) is 84.9 Å². The molecule has 6 heteroatoms. The molecule has 0 unspecified atom stereocenters. The van der Waals surface area contributed by atoms with Crippen LogP contribution in [0.15, 0.2) is 212 Å². The number of hydrogen-bond donors (Lipinski definition) is 0. The third-order valence-corrected chi connectivity index (χ3v) is 13.7. The minimum absolute atomic E-state index is 0.537. The van der Waals surface area contributed by atoms with Gasteiger partial charge in [-0.25, -0.2) is 19.9 Å². The SMILES string of the molecule is O=P(c1ccccc1)(c1ccccc1)c1ccc(-c2nc(-c3ccccc3)nc(-c3ccc(-c4cccc5c(-c6ccccc6)nc6ccccc6c45)cc3)n2)cc1. The van der Waals surface area contributed by atoms with Crippen molar-refractivity contribution in [1.29, 1.82) is 0 Å². The van der Waals surface area contributed by atoms with Crippen molar-refractivity contribution in [3.63, 3.8) is 0 Å². The topological polar surface area (TPSA) is 68.6 Å². The van der Waals surface area contributed by atoms with Gasteiger partial charge in [-0.15, -0.1) is 0 Å². The Kier molecular flexibility index (Phi) is 9.06. The molecular weight excluding hydrogens is 728 g/mol. The van der Waals surface area contributed by atoms with Crippen LogP contribution in [0, 0.1) is 0 Å². The van der Waals surface area contributed by atoms with Crippen molar-refractivity contribution >= 4 is 44.7 Å². The summed E-state index contributed by atoms with van der Waals surface area (Å²) in [7, 11) is -3.14. The lowest BCUT2D eigenvalue weighted by molar-refractivity contribution is 0.592. The first-order valence-electron chi connectivity index (χ1n) is 19.2. The number of hydrogen-bond acceptors (Lipinski definition) is 5. The van der Waals surface area contributed by atoms with Crippen LogP contribution in [-0.4, -0.2) is 19.9 Å². The number of aromatic nitrogens is 4. The van der Waals surface area contributed by atoms with Crippen LogP contribution in [0.25, 0.3) is 78.2 Å². The molecule has 0 amide bonds. The standard InChI is InChI=1S/C52H35N4OP/c57-58(41-20-9-3-10-21-41,42-22-11-4-12-23-42)43-34-32-40(33-35-43)52-55-50(38-18-7-2-8-19-38)54-51(56-52)39-30-28-36(29-31-39)44-25-15-26-46-48(44)45-24-13-14-27-47(45)53-49(46)37-16-5-1-6-17-37/h1-35H. The molecule has 10 aromatic rings. The second-order valence-corrected chi connectivity index (χ2v) is 16.9. The summed E-state index contributed by atoms with van der Waals surface area (Å²) in [5, 5.41) is 5.71. The highest BCUT2D eigenvalue weighted by atomic mass is 31.2. The van der Waals surface area contributed by atoms with Crippen LogP contribution in [0.5, 0.6) is 0 Å². The molecule has 10 rings (SSSR count). The molecule has 0 fully saturated rings. The van der Waals surface area contributed by atoms with E-state index in [0.717, 1.165) is 71.3 Å². The molecule has 58 heavy (non-hydrogen) atoms. The molecule has 274 valence electrons. The second-order valence-electron chi connectivity index (χ2n) is 14.1. The first-order chi connectivity index (χ1) is 28.6. The third kappa shape index (κ3) is 6.38. The van der Waals surface area contributed by atoms with Gasteiger partial charge in [-0.2, -0.15) is 0 Å². The molecule has 0 spiro atoms. The van der Waals surface area contributed by atoms with Gasteiger partial charge < -0.3 is 4.57 Å². The zero-order chi connectivity index (χ0) is 38.9. The Labute approximate surface area is 336 Å². The minimum Gasteiger partial charge on any atom is -0.309 e. The summed E-state index contributed by atoms with van der Waals surface area (Å²) in [4.78, 5) is 20.2. The van der Waals surface area contributed by atoms with Crippen molar-refractivity contribution in [2.45, 2.75) is 0 Å². The monoisotopic (exact) mass is 762 g/mol. The van der Waals surface area contributed by atoms with E-state index < -0.39 is 7.14 Å². The largest absolute Gasteiger partial charge is 0.309 e. The Morgan fingerprint density at radius 2 is 0.724 bits per heavy atom. The van der Waals surface area contributed by atoms with Gasteiger partial charge in [-0.05, 0) is 17.2 Å². The van der Waals surface area contributed by atoms with E-state index in [4.69, 9.17) is 19.9 Å². The van der Waals surface area contributed by atoms with Crippen molar-refractivity contribution in [3.8, 4) is 56.5 Å². The molecule has 0 radical (unpaired) electrons. The van der Waals surface area contributed by atoms with Crippen LogP contribution < -0.4 is 15.9 Å². The molecule has 5 nitrogen and oxygen atoms in total. The number of fused-ring (bicyclic) bond motifs is 3. The summed E-state index contributed by atoms with van der Waals surface area (Å²) in [6.45, 7) is 0. The quantitative estimate of drug-likeness (QED) is 0.114. The van der Waals surface area contributed by atoms with Crippen molar-refractivity contribution in [1.82, 2.24) is 19.9 Å². The Morgan fingerprint density at radius 3 is 1.29 bits per heavy atom. The first kappa shape index (κ1) is 35.1. The summed E-state index contributed by atoms with van der Waals surface area (Å²) in [5.74, 6) is 1.68. The van der Waals surface area contributed by atoms with Crippen molar-refractivity contribution in [3.05, 3.63) is 212 Å². The fourth-order valence-corrected chi connectivity index (χ4v) is 10.4. The Hall–Kier alpha value is -7.33. The highest BCUT2D eigenvalue weighted by Gasteiger charge is 2.29. The summed E-state index contributed by atoms with van der Waals surface area (Å²) < 4.78 is 15.0. The van der Waals surface area contributed by atoms with E-state index in [0.29, 0.717) is 17.5 Å². The van der Waals surface area contributed by atoms with E-state index in [1.165, 1.54) is 5.39 Å². The number of nitrogens with zero attached hydrogens (tertiary/aromatic N) is 4. The molecule has 0 aliphatic heterocycles. The van der Waals surface area contributed by atoms with Gasteiger partial charge >= 0.3 is 0 Å². The van der Waals surface area contributed by atoms with Crippen LogP contribution in [0.4, 0.5) is 0 Å². The van der Waals surface area contributed by atoms with E-state index in [1.807, 2.05) is 127 Å².